The van der Waals surface area contributed by atoms with Gasteiger partial charge in [0, 0.05) is 63.6 Å². The lowest BCUT2D eigenvalue weighted by atomic mass is 10.0. The Kier molecular flexibility index (Phi) is 6.21. The van der Waals surface area contributed by atoms with Gasteiger partial charge in [-0.1, -0.05) is 12.1 Å². The molecule has 3 heterocycles. The van der Waals surface area contributed by atoms with Crippen LogP contribution in [0.3, 0.4) is 0 Å². The van der Waals surface area contributed by atoms with Crippen molar-refractivity contribution < 1.29 is 4.39 Å². The Hall–Kier alpha value is -2.28. The van der Waals surface area contributed by atoms with Crippen molar-refractivity contribution in [1.29, 1.82) is 0 Å². The molecule has 0 aliphatic carbocycles. The van der Waals surface area contributed by atoms with Gasteiger partial charge in [-0.25, -0.2) is 9.37 Å². The number of rotatable bonds is 4. The molecule has 1 aliphatic heterocycles. The molecular formula is C20H23ClFN5. The van der Waals surface area contributed by atoms with Crippen molar-refractivity contribution in [1.82, 2.24) is 24.8 Å². The van der Waals surface area contributed by atoms with E-state index in [2.05, 4.69) is 20.2 Å². The van der Waals surface area contributed by atoms with Crippen LogP contribution in [-0.4, -0.2) is 39.1 Å². The van der Waals surface area contributed by atoms with Crippen LogP contribution in [0.1, 0.15) is 17.4 Å². The normalized spacial score (nSPS) is 17.5. The first-order valence-electron chi connectivity index (χ1n) is 8.83. The summed E-state index contributed by atoms with van der Waals surface area (Å²) < 4.78 is 16.8. The molecular weight excluding hydrogens is 365 g/mol. The topological polar surface area (TPSA) is 46.0 Å². The maximum absolute atomic E-state index is 14.8. The third-order valence-electron chi connectivity index (χ3n) is 4.95. The van der Waals surface area contributed by atoms with Crippen LogP contribution in [0.25, 0.3) is 11.1 Å². The SMILES string of the molecule is Cl.Cn1ccnc1C1CNCCN1Cc1ccc(-c2ccncc2)cc1F. The van der Waals surface area contributed by atoms with Gasteiger partial charge in [0.25, 0.3) is 0 Å². The first-order valence-corrected chi connectivity index (χ1v) is 8.83. The summed E-state index contributed by atoms with van der Waals surface area (Å²) in [6.07, 6.45) is 7.21. The summed E-state index contributed by atoms with van der Waals surface area (Å²) in [5.41, 5.74) is 2.55. The van der Waals surface area contributed by atoms with Gasteiger partial charge in [-0.2, -0.15) is 0 Å². The third-order valence-corrected chi connectivity index (χ3v) is 4.95. The molecule has 7 heteroatoms. The highest BCUT2D eigenvalue weighted by atomic mass is 35.5. The number of nitrogens with one attached hydrogen (secondary N) is 1. The average Bonchev–Trinajstić information content (AvgIpc) is 3.10. The number of aryl methyl sites for hydroxylation is 1. The molecule has 0 radical (unpaired) electrons. The summed E-state index contributed by atoms with van der Waals surface area (Å²) in [7, 11) is 2.00. The second kappa shape index (κ2) is 8.61. The van der Waals surface area contributed by atoms with E-state index in [1.54, 1.807) is 18.5 Å². The van der Waals surface area contributed by atoms with E-state index < -0.39 is 0 Å². The summed E-state index contributed by atoms with van der Waals surface area (Å²) in [6, 6.07) is 9.41. The van der Waals surface area contributed by atoms with Gasteiger partial charge in [-0.05, 0) is 29.3 Å². The Morgan fingerprint density at radius 2 is 1.96 bits per heavy atom. The van der Waals surface area contributed by atoms with Crippen LogP contribution in [0.2, 0.25) is 0 Å². The van der Waals surface area contributed by atoms with Crippen molar-refractivity contribution in [3.05, 3.63) is 72.3 Å². The fourth-order valence-electron chi connectivity index (χ4n) is 3.51. The van der Waals surface area contributed by atoms with Crippen LogP contribution in [0.15, 0.2) is 55.1 Å². The van der Waals surface area contributed by atoms with Gasteiger partial charge < -0.3 is 9.88 Å². The van der Waals surface area contributed by atoms with Crippen molar-refractivity contribution in [2.75, 3.05) is 19.6 Å². The molecule has 0 bridgehead atoms. The number of benzene rings is 1. The Morgan fingerprint density at radius 3 is 2.67 bits per heavy atom. The van der Waals surface area contributed by atoms with Crippen LogP contribution in [0.4, 0.5) is 4.39 Å². The number of imidazole rings is 1. The Bertz CT molecular complexity index is 883. The third kappa shape index (κ3) is 4.18. The van der Waals surface area contributed by atoms with Crippen LogP contribution in [-0.2, 0) is 13.6 Å². The summed E-state index contributed by atoms with van der Waals surface area (Å²) in [5, 5.41) is 3.42. The number of piperazine rings is 1. The predicted octanol–water partition coefficient (Wildman–Crippen LogP) is 3.19. The van der Waals surface area contributed by atoms with Gasteiger partial charge in [0.1, 0.15) is 11.6 Å². The zero-order valence-electron chi connectivity index (χ0n) is 15.2. The number of nitrogens with zero attached hydrogens (tertiary/aromatic N) is 4. The first kappa shape index (κ1) is 19.5. The molecule has 1 aliphatic rings. The number of halogens is 2. The quantitative estimate of drug-likeness (QED) is 0.746. The lowest BCUT2D eigenvalue weighted by Gasteiger charge is -2.35. The van der Waals surface area contributed by atoms with E-state index in [0.717, 1.165) is 36.6 Å². The van der Waals surface area contributed by atoms with Gasteiger partial charge in [0.15, 0.2) is 0 Å². The minimum Gasteiger partial charge on any atom is -0.337 e. The monoisotopic (exact) mass is 387 g/mol. The molecule has 1 fully saturated rings. The van der Waals surface area contributed by atoms with E-state index in [0.29, 0.717) is 12.1 Å². The summed E-state index contributed by atoms with van der Waals surface area (Å²) in [6.45, 7) is 3.16. The number of aromatic nitrogens is 3. The van der Waals surface area contributed by atoms with E-state index in [-0.39, 0.29) is 24.3 Å². The van der Waals surface area contributed by atoms with Crippen molar-refractivity contribution >= 4 is 12.4 Å². The van der Waals surface area contributed by atoms with Crippen molar-refractivity contribution in [3.63, 3.8) is 0 Å². The summed E-state index contributed by atoms with van der Waals surface area (Å²) >= 11 is 0. The Labute approximate surface area is 164 Å². The molecule has 142 valence electrons. The molecule has 1 unspecified atom stereocenters. The molecule has 1 atom stereocenters. The molecule has 3 aromatic rings. The van der Waals surface area contributed by atoms with Crippen molar-refractivity contribution in [3.8, 4) is 11.1 Å². The van der Waals surface area contributed by atoms with Gasteiger partial charge >= 0.3 is 0 Å². The van der Waals surface area contributed by atoms with E-state index in [1.165, 1.54) is 0 Å². The molecule has 1 saturated heterocycles. The Morgan fingerprint density at radius 1 is 1.15 bits per heavy atom. The zero-order chi connectivity index (χ0) is 17.9. The lowest BCUT2D eigenvalue weighted by molar-refractivity contribution is 0.143. The number of pyridine rings is 1. The van der Waals surface area contributed by atoms with E-state index in [9.17, 15) is 4.39 Å². The highest BCUT2D eigenvalue weighted by molar-refractivity contribution is 5.85. The number of hydrogen-bond acceptors (Lipinski definition) is 4. The second-order valence-corrected chi connectivity index (χ2v) is 6.63. The highest BCUT2D eigenvalue weighted by Crippen LogP contribution is 2.26. The fourth-order valence-corrected chi connectivity index (χ4v) is 3.51. The summed E-state index contributed by atoms with van der Waals surface area (Å²) in [5.74, 6) is 0.836. The van der Waals surface area contributed by atoms with Crippen molar-refractivity contribution in [2.24, 2.45) is 7.05 Å². The van der Waals surface area contributed by atoms with Crippen molar-refractivity contribution in [2.45, 2.75) is 12.6 Å². The highest BCUT2D eigenvalue weighted by Gasteiger charge is 2.27. The molecule has 0 saturated carbocycles. The molecule has 0 amide bonds. The van der Waals surface area contributed by atoms with Crippen LogP contribution in [0, 0.1) is 5.82 Å². The smallest absolute Gasteiger partial charge is 0.128 e. The second-order valence-electron chi connectivity index (χ2n) is 6.63. The van der Waals surface area contributed by atoms with Gasteiger partial charge in [0.2, 0.25) is 0 Å². The predicted molar refractivity (Wildman–Crippen MR) is 106 cm³/mol. The molecule has 5 nitrogen and oxygen atoms in total. The minimum absolute atomic E-state index is 0. The van der Waals surface area contributed by atoms with E-state index >= 15 is 0 Å². The number of hydrogen-bond donors (Lipinski definition) is 1. The van der Waals surface area contributed by atoms with Crippen LogP contribution < -0.4 is 5.32 Å². The minimum atomic E-state index is -0.170. The maximum atomic E-state index is 14.8. The molecule has 4 rings (SSSR count). The molecule has 1 aromatic carbocycles. The standard InChI is InChI=1S/C20H22FN5.ClH/c1-25-10-9-24-20(25)19-13-23-8-11-26(19)14-17-3-2-16(12-18(17)21)15-4-6-22-7-5-15;/h2-7,9-10,12,19,23H,8,11,13-14H2,1H3;1H. The van der Waals surface area contributed by atoms with E-state index in [4.69, 9.17) is 0 Å². The maximum Gasteiger partial charge on any atom is 0.128 e. The average molecular weight is 388 g/mol. The molecule has 1 N–H and O–H groups in total. The van der Waals surface area contributed by atoms with Crippen LogP contribution in [0.5, 0.6) is 0 Å². The molecule has 2 aromatic heterocycles. The Balaban J connectivity index is 0.00000210. The molecule has 0 spiro atoms. The van der Waals surface area contributed by atoms with E-state index in [1.807, 2.05) is 48.3 Å². The van der Waals surface area contributed by atoms with Gasteiger partial charge in [-0.15, -0.1) is 12.4 Å². The van der Waals surface area contributed by atoms with Gasteiger partial charge in [0.05, 0.1) is 6.04 Å². The van der Waals surface area contributed by atoms with Crippen LogP contribution >= 0.6 is 12.4 Å². The molecule has 27 heavy (non-hydrogen) atoms. The summed E-state index contributed by atoms with van der Waals surface area (Å²) in [4.78, 5) is 10.8. The lowest BCUT2D eigenvalue weighted by Crippen LogP contribution is -2.46. The largest absolute Gasteiger partial charge is 0.337 e. The zero-order valence-corrected chi connectivity index (χ0v) is 16.0. The fraction of sp³-hybridized carbons (Fsp3) is 0.300. The first-order chi connectivity index (χ1) is 12.7. The van der Waals surface area contributed by atoms with Gasteiger partial charge in [-0.3, -0.25) is 9.88 Å².